The second-order valence-electron chi connectivity index (χ2n) is 4.21. The van der Waals surface area contributed by atoms with Gasteiger partial charge >= 0.3 is 5.97 Å². The highest BCUT2D eigenvalue weighted by atomic mass is 19.2. The summed E-state index contributed by atoms with van der Waals surface area (Å²) in [6.45, 7) is -0.0587. The van der Waals surface area contributed by atoms with E-state index in [0.29, 0.717) is 0 Å². The first kappa shape index (κ1) is 16.4. The summed E-state index contributed by atoms with van der Waals surface area (Å²) in [5.41, 5.74) is -0.150. The summed E-state index contributed by atoms with van der Waals surface area (Å²) in [6, 6.07) is 5.36. The minimum atomic E-state index is -1.81. The monoisotopic (exact) mass is 324 g/mol. The summed E-state index contributed by atoms with van der Waals surface area (Å²) < 4.78 is 62.5. The molecule has 0 aliphatic carbocycles. The van der Waals surface area contributed by atoms with E-state index in [-0.39, 0.29) is 24.0 Å². The Morgan fingerprint density at radius 2 is 1.74 bits per heavy atom. The second-order valence-corrected chi connectivity index (χ2v) is 4.21. The Labute approximate surface area is 128 Å². The van der Waals surface area contributed by atoms with Crippen LogP contribution >= 0.6 is 0 Å². The maximum Gasteiger partial charge on any atom is 0.343 e. The first-order valence-electron chi connectivity index (χ1n) is 6.15. The average Bonchev–Trinajstić information content (AvgIpc) is 2.55. The van der Waals surface area contributed by atoms with Crippen molar-refractivity contribution >= 4 is 5.97 Å². The Bertz CT molecular complexity index is 770. The van der Waals surface area contributed by atoms with Gasteiger partial charge in [0.15, 0.2) is 11.6 Å². The number of carbonyl (C=O) groups is 1. The highest BCUT2D eigenvalue weighted by molar-refractivity contribution is 5.91. The molecule has 2 rings (SSSR count). The maximum atomic E-state index is 13.5. The van der Waals surface area contributed by atoms with Crippen LogP contribution in [0.3, 0.4) is 0 Å². The molecular weight excluding hydrogens is 316 g/mol. The molecule has 7 heteroatoms. The summed E-state index contributed by atoms with van der Waals surface area (Å²) in [5, 5.41) is 0. The van der Waals surface area contributed by atoms with Gasteiger partial charge in [0, 0.05) is 6.07 Å². The number of esters is 1. The van der Waals surface area contributed by atoms with Gasteiger partial charge < -0.3 is 9.47 Å². The number of rotatable bonds is 4. The fourth-order valence-corrected chi connectivity index (χ4v) is 1.63. The first-order chi connectivity index (χ1) is 10.9. The lowest BCUT2D eigenvalue weighted by Gasteiger charge is -2.09. The van der Waals surface area contributed by atoms with Gasteiger partial charge in [0.05, 0.1) is 5.56 Å². The molecule has 0 bridgehead atoms. The highest BCUT2D eigenvalue weighted by Crippen LogP contribution is 2.27. The molecule has 0 amide bonds. The van der Waals surface area contributed by atoms with Crippen molar-refractivity contribution in [3.05, 3.63) is 59.2 Å². The number of carbonyl (C=O) groups excluding carboxylic acids is 1. The number of hydrogen-bond donors (Lipinski definition) is 0. The van der Waals surface area contributed by atoms with E-state index in [9.17, 15) is 22.4 Å². The quantitative estimate of drug-likeness (QED) is 0.284. The molecule has 0 radical (unpaired) electrons. The first-order valence-corrected chi connectivity index (χ1v) is 6.15. The molecule has 0 aromatic heterocycles. The van der Waals surface area contributed by atoms with Crippen LogP contribution in [0.1, 0.15) is 10.4 Å². The average molecular weight is 324 g/mol. The SMILES string of the molecule is C#CCOc1cccc(C(=O)Oc2c(F)c(F)cc(F)c2F)c1. The molecule has 0 spiro atoms. The molecule has 3 nitrogen and oxygen atoms in total. The van der Waals surface area contributed by atoms with E-state index in [4.69, 9.17) is 11.2 Å². The second kappa shape index (κ2) is 6.83. The lowest BCUT2D eigenvalue weighted by molar-refractivity contribution is 0.0717. The predicted molar refractivity (Wildman–Crippen MR) is 72.0 cm³/mol. The lowest BCUT2D eigenvalue weighted by atomic mass is 10.2. The van der Waals surface area contributed by atoms with E-state index >= 15 is 0 Å². The molecule has 0 aliphatic heterocycles. The van der Waals surface area contributed by atoms with Gasteiger partial charge in [-0.1, -0.05) is 12.0 Å². The topological polar surface area (TPSA) is 35.5 Å². The number of terminal acetylenes is 1. The van der Waals surface area contributed by atoms with Crippen molar-refractivity contribution in [1.82, 2.24) is 0 Å². The van der Waals surface area contributed by atoms with Crippen molar-refractivity contribution in [3.8, 4) is 23.8 Å². The lowest BCUT2D eigenvalue weighted by Crippen LogP contribution is -2.12. The number of benzene rings is 2. The normalized spacial score (nSPS) is 10.0. The standard InChI is InChI=1S/C16H8F4O3/c1-2-6-22-10-5-3-4-9(7-10)16(21)23-15-13(19)11(17)8-12(18)14(15)20/h1,3-5,7-8H,6H2. The third kappa shape index (κ3) is 3.61. The van der Waals surface area contributed by atoms with Crippen molar-refractivity contribution < 1.29 is 31.8 Å². The molecule has 23 heavy (non-hydrogen) atoms. The zero-order chi connectivity index (χ0) is 17.0. The largest absolute Gasteiger partial charge is 0.481 e. The summed E-state index contributed by atoms with van der Waals surface area (Å²) in [5.74, 6) is -7.24. The fraction of sp³-hybridized carbons (Fsp3) is 0.0625. The van der Waals surface area contributed by atoms with Crippen molar-refractivity contribution in [2.24, 2.45) is 0 Å². The Morgan fingerprint density at radius 1 is 1.09 bits per heavy atom. The predicted octanol–water partition coefficient (Wildman–Crippen LogP) is 3.47. The molecule has 0 saturated heterocycles. The molecule has 0 unspecified atom stereocenters. The minimum absolute atomic E-state index is 0.0102. The van der Waals surface area contributed by atoms with Crippen molar-refractivity contribution in [2.75, 3.05) is 6.61 Å². The third-order valence-corrected chi connectivity index (χ3v) is 2.66. The number of halogens is 4. The fourth-order valence-electron chi connectivity index (χ4n) is 1.63. The molecule has 0 N–H and O–H groups in total. The molecule has 0 heterocycles. The van der Waals surface area contributed by atoms with Crippen LogP contribution in [0.2, 0.25) is 0 Å². The smallest absolute Gasteiger partial charge is 0.343 e. The van der Waals surface area contributed by atoms with E-state index in [1.54, 1.807) is 0 Å². The summed E-state index contributed by atoms with van der Waals surface area (Å²) >= 11 is 0. The summed E-state index contributed by atoms with van der Waals surface area (Å²) in [6.07, 6.45) is 5.02. The van der Waals surface area contributed by atoms with Crippen LogP contribution in [0.4, 0.5) is 17.6 Å². The van der Waals surface area contributed by atoms with Crippen molar-refractivity contribution in [2.45, 2.75) is 0 Å². The number of hydrogen-bond acceptors (Lipinski definition) is 3. The summed E-state index contributed by atoms with van der Waals surface area (Å²) in [4.78, 5) is 11.9. The Balaban J connectivity index is 2.28. The molecular formula is C16H8F4O3. The van der Waals surface area contributed by atoms with Crippen molar-refractivity contribution in [1.29, 1.82) is 0 Å². The zero-order valence-corrected chi connectivity index (χ0v) is 11.4. The van der Waals surface area contributed by atoms with Gasteiger partial charge in [0.2, 0.25) is 17.4 Å². The van der Waals surface area contributed by atoms with E-state index in [1.807, 2.05) is 0 Å². The van der Waals surface area contributed by atoms with Gasteiger partial charge in [-0.2, -0.15) is 8.78 Å². The Hall–Kier alpha value is -3.01. The molecule has 2 aromatic rings. The van der Waals surface area contributed by atoms with E-state index < -0.39 is 35.0 Å². The van der Waals surface area contributed by atoms with Gasteiger partial charge in [-0.05, 0) is 18.2 Å². The van der Waals surface area contributed by atoms with Crippen LogP contribution < -0.4 is 9.47 Å². The van der Waals surface area contributed by atoms with E-state index in [0.717, 1.165) is 0 Å². The molecule has 0 fully saturated rings. The van der Waals surface area contributed by atoms with E-state index in [1.165, 1.54) is 24.3 Å². The van der Waals surface area contributed by atoms with Crippen molar-refractivity contribution in [3.63, 3.8) is 0 Å². The van der Waals surface area contributed by atoms with Crippen LogP contribution in [-0.4, -0.2) is 12.6 Å². The zero-order valence-electron chi connectivity index (χ0n) is 11.4. The van der Waals surface area contributed by atoms with Crippen LogP contribution in [0.5, 0.6) is 11.5 Å². The Kier molecular flexibility index (Phi) is 4.86. The molecule has 118 valence electrons. The minimum Gasteiger partial charge on any atom is -0.481 e. The van der Waals surface area contributed by atoms with Crippen LogP contribution in [0.25, 0.3) is 0 Å². The summed E-state index contributed by atoms with van der Waals surface area (Å²) in [7, 11) is 0. The Morgan fingerprint density at radius 3 is 2.35 bits per heavy atom. The van der Waals surface area contributed by atoms with E-state index in [2.05, 4.69) is 10.7 Å². The molecule has 0 aliphatic rings. The van der Waals surface area contributed by atoms with Gasteiger partial charge in [-0.15, -0.1) is 6.42 Å². The van der Waals surface area contributed by atoms with Gasteiger partial charge in [0.1, 0.15) is 12.4 Å². The molecule has 2 aromatic carbocycles. The third-order valence-electron chi connectivity index (χ3n) is 2.66. The van der Waals surface area contributed by atoms with Gasteiger partial charge in [0.25, 0.3) is 0 Å². The highest BCUT2D eigenvalue weighted by Gasteiger charge is 2.23. The van der Waals surface area contributed by atoms with Gasteiger partial charge in [-0.3, -0.25) is 0 Å². The van der Waals surface area contributed by atoms with Crippen LogP contribution in [0, 0.1) is 35.6 Å². The van der Waals surface area contributed by atoms with Crippen LogP contribution in [0.15, 0.2) is 30.3 Å². The maximum absolute atomic E-state index is 13.5. The van der Waals surface area contributed by atoms with Crippen LogP contribution in [-0.2, 0) is 0 Å². The number of ether oxygens (including phenoxy) is 2. The molecule has 0 atom stereocenters. The van der Waals surface area contributed by atoms with Gasteiger partial charge in [-0.25, -0.2) is 13.6 Å². The molecule has 0 saturated carbocycles.